The normalized spacial score (nSPS) is 10.6. The molecule has 2 rings (SSSR count). The average molecular weight is 232 g/mol. The molecule has 0 radical (unpaired) electrons. The fraction of sp³-hybridized carbons (Fsp3) is 0.308. The molecule has 1 aromatic carbocycles. The van der Waals surface area contributed by atoms with Gasteiger partial charge in [0.05, 0.1) is 7.11 Å². The molecule has 2 N–H and O–H groups in total. The van der Waals surface area contributed by atoms with E-state index in [1.165, 1.54) is 0 Å². The molecule has 0 aliphatic rings. The highest BCUT2D eigenvalue weighted by atomic mass is 16.5. The largest absolute Gasteiger partial charge is 0.496 e. The van der Waals surface area contributed by atoms with E-state index in [1.807, 2.05) is 32.9 Å². The van der Waals surface area contributed by atoms with Gasteiger partial charge in [-0.05, 0) is 44.0 Å². The van der Waals surface area contributed by atoms with Gasteiger partial charge in [0, 0.05) is 11.1 Å². The van der Waals surface area contributed by atoms with Crippen LogP contribution in [0.3, 0.4) is 0 Å². The highest BCUT2D eigenvalue weighted by Gasteiger charge is 2.14. The van der Waals surface area contributed by atoms with Crippen molar-refractivity contribution in [3.8, 4) is 17.0 Å². The molecule has 1 aromatic heterocycles. The van der Waals surface area contributed by atoms with Gasteiger partial charge in [-0.25, -0.2) is 0 Å². The zero-order valence-corrected chi connectivity index (χ0v) is 10.5. The molecule has 2 aromatic rings. The van der Waals surface area contributed by atoms with Crippen molar-refractivity contribution in [1.29, 1.82) is 0 Å². The van der Waals surface area contributed by atoms with Gasteiger partial charge in [0.2, 0.25) is 5.88 Å². The molecular formula is C13H16N2O2. The number of aryl methyl sites for hydroxylation is 2. The second-order valence-electron chi connectivity index (χ2n) is 4.16. The zero-order chi connectivity index (χ0) is 12.6. The van der Waals surface area contributed by atoms with Crippen LogP contribution in [0.25, 0.3) is 11.3 Å². The van der Waals surface area contributed by atoms with E-state index < -0.39 is 0 Å². The van der Waals surface area contributed by atoms with E-state index in [1.54, 1.807) is 7.11 Å². The molecule has 0 unspecified atom stereocenters. The van der Waals surface area contributed by atoms with E-state index in [4.69, 9.17) is 15.0 Å². The molecule has 0 saturated carbocycles. The summed E-state index contributed by atoms with van der Waals surface area (Å²) in [5.41, 5.74) is 10.5. The van der Waals surface area contributed by atoms with Crippen LogP contribution in [-0.2, 0) is 0 Å². The van der Waals surface area contributed by atoms with Crippen LogP contribution in [0.15, 0.2) is 16.7 Å². The predicted octanol–water partition coefficient (Wildman–Crippen LogP) is 2.86. The van der Waals surface area contributed by atoms with E-state index in [0.29, 0.717) is 5.88 Å². The third-order valence-corrected chi connectivity index (χ3v) is 2.96. The number of methoxy groups -OCH3 is 1. The van der Waals surface area contributed by atoms with Crippen molar-refractivity contribution in [1.82, 2.24) is 5.16 Å². The lowest BCUT2D eigenvalue weighted by molar-refractivity contribution is 0.411. The minimum absolute atomic E-state index is 0.368. The highest BCUT2D eigenvalue weighted by molar-refractivity contribution is 5.71. The summed E-state index contributed by atoms with van der Waals surface area (Å²) in [6.45, 7) is 5.92. The van der Waals surface area contributed by atoms with Crippen LogP contribution < -0.4 is 10.5 Å². The summed E-state index contributed by atoms with van der Waals surface area (Å²) >= 11 is 0. The maximum Gasteiger partial charge on any atom is 0.225 e. The van der Waals surface area contributed by atoms with Crippen molar-refractivity contribution < 1.29 is 9.26 Å². The third-order valence-electron chi connectivity index (χ3n) is 2.96. The molecule has 0 amide bonds. The number of hydrogen-bond acceptors (Lipinski definition) is 4. The maximum atomic E-state index is 5.67. The van der Waals surface area contributed by atoms with Crippen molar-refractivity contribution in [2.45, 2.75) is 20.8 Å². The fourth-order valence-electron chi connectivity index (χ4n) is 1.86. The standard InChI is InChI=1S/C13H16N2O2/c1-7-6-11(16-4)8(2)5-10(7)12-9(3)13(14)17-15-12/h5-6H,14H2,1-4H3. The first-order valence-corrected chi connectivity index (χ1v) is 5.42. The molecule has 0 saturated heterocycles. The van der Waals surface area contributed by atoms with E-state index in [2.05, 4.69) is 5.16 Å². The molecular weight excluding hydrogens is 216 g/mol. The molecule has 0 atom stereocenters. The van der Waals surface area contributed by atoms with Crippen molar-refractivity contribution >= 4 is 5.88 Å². The van der Waals surface area contributed by atoms with Gasteiger partial charge in [-0.1, -0.05) is 5.16 Å². The van der Waals surface area contributed by atoms with Gasteiger partial charge in [0.25, 0.3) is 0 Å². The Bertz CT molecular complexity index is 559. The Morgan fingerprint density at radius 2 is 1.88 bits per heavy atom. The Labute approximate surface area is 100 Å². The van der Waals surface area contributed by atoms with E-state index in [9.17, 15) is 0 Å². The summed E-state index contributed by atoms with van der Waals surface area (Å²) in [6, 6.07) is 4.04. The lowest BCUT2D eigenvalue weighted by Gasteiger charge is -2.09. The van der Waals surface area contributed by atoms with Crippen LogP contribution in [0.5, 0.6) is 5.75 Å². The number of ether oxygens (including phenoxy) is 1. The van der Waals surface area contributed by atoms with Crippen molar-refractivity contribution in [2.75, 3.05) is 12.8 Å². The number of hydrogen-bond donors (Lipinski definition) is 1. The van der Waals surface area contributed by atoms with Crippen LogP contribution >= 0.6 is 0 Å². The topological polar surface area (TPSA) is 61.3 Å². The summed E-state index contributed by atoms with van der Waals surface area (Å²) in [6.07, 6.45) is 0. The molecule has 0 fully saturated rings. The van der Waals surface area contributed by atoms with E-state index in [0.717, 1.165) is 33.7 Å². The number of nitrogen functional groups attached to an aromatic ring is 1. The van der Waals surface area contributed by atoms with Crippen molar-refractivity contribution in [2.24, 2.45) is 0 Å². The van der Waals surface area contributed by atoms with Crippen LogP contribution in [0.2, 0.25) is 0 Å². The van der Waals surface area contributed by atoms with Gasteiger partial charge in [-0.15, -0.1) is 0 Å². The van der Waals surface area contributed by atoms with Crippen molar-refractivity contribution in [3.05, 3.63) is 28.8 Å². The monoisotopic (exact) mass is 232 g/mol. The third kappa shape index (κ3) is 1.86. The molecule has 0 aliphatic carbocycles. The molecule has 4 heteroatoms. The Morgan fingerprint density at radius 1 is 1.18 bits per heavy atom. The second kappa shape index (κ2) is 4.13. The molecule has 0 aliphatic heterocycles. The minimum atomic E-state index is 0.368. The van der Waals surface area contributed by atoms with E-state index >= 15 is 0 Å². The number of benzene rings is 1. The molecule has 4 nitrogen and oxygen atoms in total. The van der Waals surface area contributed by atoms with Gasteiger partial charge in [-0.2, -0.15) is 0 Å². The Kier molecular flexibility index (Phi) is 2.79. The average Bonchev–Trinajstić information content (AvgIpc) is 2.63. The molecule has 0 bridgehead atoms. The van der Waals surface area contributed by atoms with E-state index in [-0.39, 0.29) is 0 Å². The number of anilines is 1. The van der Waals surface area contributed by atoms with Crippen LogP contribution in [0.1, 0.15) is 16.7 Å². The minimum Gasteiger partial charge on any atom is -0.496 e. The Balaban J connectivity index is 2.60. The summed E-state index contributed by atoms with van der Waals surface area (Å²) in [5.74, 6) is 1.24. The molecule has 90 valence electrons. The Morgan fingerprint density at radius 3 is 2.41 bits per heavy atom. The highest BCUT2D eigenvalue weighted by Crippen LogP contribution is 2.32. The fourth-order valence-corrected chi connectivity index (χ4v) is 1.86. The SMILES string of the molecule is COc1cc(C)c(-c2noc(N)c2C)cc1C. The van der Waals surface area contributed by atoms with Gasteiger partial charge in [0.1, 0.15) is 11.4 Å². The van der Waals surface area contributed by atoms with Crippen molar-refractivity contribution in [3.63, 3.8) is 0 Å². The van der Waals surface area contributed by atoms with Crippen LogP contribution in [0.4, 0.5) is 5.88 Å². The lowest BCUT2D eigenvalue weighted by atomic mass is 10.00. The lowest BCUT2D eigenvalue weighted by Crippen LogP contribution is -1.93. The molecule has 1 heterocycles. The van der Waals surface area contributed by atoms with Gasteiger partial charge in [0.15, 0.2) is 0 Å². The van der Waals surface area contributed by atoms with Gasteiger partial charge in [-0.3, -0.25) is 0 Å². The van der Waals surface area contributed by atoms with Crippen LogP contribution in [-0.4, -0.2) is 12.3 Å². The number of rotatable bonds is 2. The summed E-state index contributed by atoms with van der Waals surface area (Å²) in [5, 5.41) is 4.00. The number of nitrogens with zero attached hydrogens (tertiary/aromatic N) is 1. The first-order chi connectivity index (χ1) is 8.04. The van der Waals surface area contributed by atoms with Gasteiger partial charge < -0.3 is 15.0 Å². The zero-order valence-electron chi connectivity index (χ0n) is 10.5. The predicted molar refractivity (Wildman–Crippen MR) is 67.1 cm³/mol. The maximum absolute atomic E-state index is 5.67. The summed E-state index contributed by atoms with van der Waals surface area (Å²) < 4.78 is 10.3. The first kappa shape index (κ1) is 11.5. The number of nitrogens with two attached hydrogens (primary N) is 1. The summed E-state index contributed by atoms with van der Waals surface area (Å²) in [7, 11) is 1.67. The molecule has 0 spiro atoms. The summed E-state index contributed by atoms with van der Waals surface area (Å²) in [4.78, 5) is 0. The number of aromatic nitrogens is 1. The Hall–Kier alpha value is -1.97. The first-order valence-electron chi connectivity index (χ1n) is 5.42. The second-order valence-corrected chi connectivity index (χ2v) is 4.16. The molecule has 17 heavy (non-hydrogen) atoms. The quantitative estimate of drug-likeness (QED) is 0.864. The van der Waals surface area contributed by atoms with Crippen LogP contribution in [0, 0.1) is 20.8 Å². The smallest absolute Gasteiger partial charge is 0.225 e. The van der Waals surface area contributed by atoms with Gasteiger partial charge >= 0.3 is 0 Å².